The molecule has 0 rings (SSSR count). The molecular weight excluding hydrogens is 233 g/mol. The molecular formula is C11H19F3N2O. The van der Waals surface area contributed by atoms with Gasteiger partial charge in [0, 0.05) is 5.71 Å². The molecule has 0 aliphatic heterocycles. The number of carbonyl (C=O) groups excluding carboxylic acids is 1. The van der Waals surface area contributed by atoms with Crippen LogP contribution in [0.3, 0.4) is 0 Å². The van der Waals surface area contributed by atoms with Gasteiger partial charge in [-0.1, -0.05) is 20.8 Å². The first-order chi connectivity index (χ1) is 7.67. The first-order valence-electron chi connectivity index (χ1n) is 5.55. The van der Waals surface area contributed by atoms with Crippen molar-refractivity contribution in [2.75, 3.05) is 6.54 Å². The molecule has 0 bridgehead atoms. The van der Waals surface area contributed by atoms with E-state index in [-0.39, 0.29) is 5.92 Å². The lowest BCUT2D eigenvalue weighted by molar-refractivity contribution is -0.139. The number of hydrogen-bond donors (Lipinski definition) is 1. The molecule has 0 radical (unpaired) electrons. The van der Waals surface area contributed by atoms with E-state index in [1.165, 1.54) is 0 Å². The Kier molecular flexibility index (Phi) is 6.20. The Balaban J connectivity index is 4.57. The molecule has 6 heteroatoms. The molecule has 0 aliphatic carbocycles. The van der Waals surface area contributed by atoms with Crippen molar-refractivity contribution < 1.29 is 18.0 Å². The summed E-state index contributed by atoms with van der Waals surface area (Å²) in [5.74, 6) is -0.810. The second-order valence-corrected chi connectivity index (χ2v) is 4.24. The first-order valence-corrected chi connectivity index (χ1v) is 5.55. The monoisotopic (exact) mass is 252 g/mol. The number of hydrogen-bond acceptors (Lipinski definition) is 2. The summed E-state index contributed by atoms with van der Waals surface area (Å²) in [6, 6.07) is -0.753. The van der Waals surface area contributed by atoms with Crippen molar-refractivity contribution in [2.24, 2.45) is 10.9 Å². The molecule has 0 aromatic heterocycles. The molecule has 0 saturated heterocycles. The Labute approximate surface area is 99.5 Å². The Bertz CT molecular complexity index is 285. The topological polar surface area (TPSA) is 41.5 Å². The molecule has 17 heavy (non-hydrogen) atoms. The summed E-state index contributed by atoms with van der Waals surface area (Å²) in [6.07, 6.45) is -3.71. The van der Waals surface area contributed by atoms with Gasteiger partial charge in [0.05, 0.1) is 0 Å². The molecule has 1 N–H and O–H groups in total. The molecule has 3 nitrogen and oxygen atoms in total. The first kappa shape index (κ1) is 15.9. The molecule has 100 valence electrons. The lowest BCUT2D eigenvalue weighted by Crippen LogP contribution is -2.41. The van der Waals surface area contributed by atoms with E-state index in [1.807, 2.05) is 12.2 Å². The zero-order valence-electron chi connectivity index (χ0n) is 10.6. The van der Waals surface area contributed by atoms with E-state index < -0.39 is 24.7 Å². The molecule has 1 atom stereocenters. The number of rotatable bonds is 5. The SMILES string of the molecule is CCC(C)=NC(C(=O)NCC(F)(F)F)C(C)C. The average Bonchev–Trinajstić information content (AvgIpc) is 2.20. The van der Waals surface area contributed by atoms with Gasteiger partial charge in [0.25, 0.3) is 0 Å². The van der Waals surface area contributed by atoms with E-state index in [0.29, 0.717) is 6.42 Å². The Morgan fingerprint density at radius 2 is 1.88 bits per heavy atom. The fraction of sp³-hybridized carbons (Fsp3) is 0.818. The minimum absolute atomic E-state index is 0.135. The number of aliphatic imine (C=N–C) groups is 1. The van der Waals surface area contributed by atoms with Gasteiger partial charge >= 0.3 is 6.18 Å². The van der Waals surface area contributed by atoms with Crippen LogP contribution in [0.1, 0.15) is 34.1 Å². The molecule has 0 aromatic carbocycles. The van der Waals surface area contributed by atoms with Crippen LogP contribution in [0.15, 0.2) is 4.99 Å². The van der Waals surface area contributed by atoms with E-state index in [2.05, 4.69) is 4.99 Å². The van der Waals surface area contributed by atoms with Crippen LogP contribution in [0.5, 0.6) is 0 Å². The third-order valence-corrected chi connectivity index (χ3v) is 2.23. The van der Waals surface area contributed by atoms with Gasteiger partial charge in [0.2, 0.25) is 5.91 Å². The Morgan fingerprint density at radius 1 is 1.35 bits per heavy atom. The van der Waals surface area contributed by atoms with E-state index in [1.54, 1.807) is 20.8 Å². The van der Waals surface area contributed by atoms with Crippen LogP contribution in [0.4, 0.5) is 13.2 Å². The minimum atomic E-state index is -4.39. The molecule has 1 amide bonds. The molecule has 0 heterocycles. The van der Waals surface area contributed by atoms with Crippen molar-refractivity contribution >= 4 is 11.6 Å². The number of nitrogens with one attached hydrogen (secondary N) is 1. The number of nitrogens with zero attached hydrogens (tertiary/aromatic N) is 1. The van der Waals surface area contributed by atoms with E-state index in [9.17, 15) is 18.0 Å². The van der Waals surface area contributed by atoms with Crippen molar-refractivity contribution in [3.8, 4) is 0 Å². The van der Waals surface area contributed by atoms with Crippen LogP contribution < -0.4 is 5.32 Å². The molecule has 0 aliphatic rings. The number of amides is 1. The van der Waals surface area contributed by atoms with Gasteiger partial charge < -0.3 is 5.32 Å². The van der Waals surface area contributed by atoms with E-state index in [4.69, 9.17) is 0 Å². The Hall–Kier alpha value is -1.07. The summed E-state index contributed by atoms with van der Waals surface area (Å²) in [7, 11) is 0. The molecule has 0 saturated carbocycles. The van der Waals surface area contributed by atoms with Crippen LogP contribution >= 0.6 is 0 Å². The third-order valence-electron chi connectivity index (χ3n) is 2.23. The number of carbonyl (C=O) groups is 1. The Morgan fingerprint density at radius 3 is 2.24 bits per heavy atom. The molecule has 0 aromatic rings. The van der Waals surface area contributed by atoms with Crippen LogP contribution in [0, 0.1) is 5.92 Å². The van der Waals surface area contributed by atoms with Crippen molar-refractivity contribution in [3.63, 3.8) is 0 Å². The number of halogens is 3. The third kappa shape index (κ3) is 6.97. The maximum atomic E-state index is 12.0. The molecule has 0 fully saturated rings. The fourth-order valence-corrected chi connectivity index (χ4v) is 1.13. The highest BCUT2D eigenvalue weighted by Gasteiger charge is 2.30. The van der Waals surface area contributed by atoms with Crippen LogP contribution in [-0.4, -0.2) is 30.4 Å². The summed E-state index contributed by atoms with van der Waals surface area (Å²) in [4.78, 5) is 15.7. The zero-order chi connectivity index (χ0) is 13.6. The van der Waals surface area contributed by atoms with Gasteiger partial charge in [-0.05, 0) is 19.3 Å². The minimum Gasteiger partial charge on any atom is -0.345 e. The lowest BCUT2D eigenvalue weighted by Gasteiger charge is -2.18. The van der Waals surface area contributed by atoms with Gasteiger partial charge in [-0.15, -0.1) is 0 Å². The quantitative estimate of drug-likeness (QED) is 0.751. The van der Waals surface area contributed by atoms with E-state index >= 15 is 0 Å². The zero-order valence-corrected chi connectivity index (χ0v) is 10.6. The van der Waals surface area contributed by atoms with Crippen molar-refractivity contribution in [1.29, 1.82) is 0 Å². The summed E-state index contributed by atoms with van der Waals surface area (Å²) < 4.78 is 35.9. The average molecular weight is 252 g/mol. The molecule has 0 spiro atoms. The van der Waals surface area contributed by atoms with Gasteiger partial charge in [-0.25, -0.2) is 0 Å². The fourth-order valence-electron chi connectivity index (χ4n) is 1.13. The maximum absolute atomic E-state index is 12.0. The van der Waals surface area contributed by atoms with Gasteiger partial charge in [-0.2, -0.15) is 13.2 Å². The predicted octanol–water partition coefficient (Wildman–Crippen LogP) is 2.56. The van der Waals surface area contributed by atoms with Gasteiger partial charge in [0.1, 0.15) is 12.6 Å². The standard InChI is InChI=1S/C11H19F3N2O/c1-5-8(4)16-9(7(2)3)10(17)15-6-11(12,13)14/h7,9H,5-6H2,1-4H3,(H,15,17). The van der Waals surface area contributed by atoms with Crippen LogP contribution in [-0.2, 0) is 4.79 Å². The summed E-state index contributed by atoms with van der Waals surface area (Å²) in [5, 5.41) is 1.86. The van der Waals surface area contributed by atoms with Gasteiger partial charge in [-0.3, -0.25) is 9.79 Å². The maximum Gasteiger partial charge on any atom is 0.405 e. The highest BCUT2D eigenvalue weighted by Crippen LogP contribution is 2.13. The van der Waals surface area contributed by atoms with Crippen LogP contribution in [0.2, 0.25) is 0 Å². The number of alkyl halides is 3. The summed E-state index contributed by atoms with van der Waals surface area (Å²) in [5.41, 5.74) is 0.755. The normalized spacial score (nSPS) is 14.9. The second kappa shape index (κ2) is 6.61. The summed E-state index contributed by atoms with van der Waals surface area (Å²) in [6.45, 7) is 5.83. The smallest absolute Gasteiger partial charge is 0.345 e. The van der Waals surface area contributed by atoms with E-state index in [0.717, 1.165) is 5.71 Å². The van der Waals surface area contributed by atoms with Crippen LogP contribution in [0.25, 0.3) is 0 Å². The highest BCUT2D eigenvalue weighted by molar-refractivity contribution is 5.88. The predicted molar refractivity (Wildman–Crippen MR) is 61.1 cm³/mol. The largest absolute Gasteiger partial charge is 0.405 e. The summed E-state index contributed by atoms with van der Waals surface area (Å²) >= 11 is 0. The highest BCUT2D eigenvalue weighted by atomic mass is 19.4. The second-order valence-electron chi connectivity index (χ2n) is 4.24. The van der Waals surface area contributed by atoms with Gasteiger partial charge in [0.15, 0.2) is 0 Å². The van der Waals surface area contributed by atoms with Crippen molar-refractivity contribution in [1.82, 2.24) is 5.32 Å². The molecule has 1 unspecified atom stereocenters. The van der Waals surface area contributed by atoms with Crippen molar-refractivity contribution in [3.05, 3.63) is 0 Å². The van der Waals surface area contributed by atoms with Crippen molar-refractivity contribution in [2.45, 2.75) is 46.3 Å². The lowest BCUT2D eigenvalue weighted by atomic mass is 10.0.